The summed E-state index contributed by atoms with van der Waals surface area (Å²) in [7, 11) is 0. The van der Waals surface area contributed by atoms with Crippen molar-refractivity contribution in [2.75, 3.05) is 6.54 Å². The van der Waals surface area contributed by atoms with Gasteiger partial charge in [-0.1, -0.05) is 6.58 Å². The zero-order valence-corrected chi connectivity index (χ0v) is 5.59. The number of hydrogen-bond donors (Lipinski definition) is 1. The maximum atomic E-state index is 10.8. The Morgan fingerprint density at radius 2 is 2.50 bits per heavy atom. The van der Waals surface area contributed by atoms with E-state index in [0.29, 0.717) is 13.0 Å². The van der Waals surface area contributed by atoms with E-state index < -0.39 is 5.92 Å². The Balaban J connectivity index is 2.63. The van der Waals surface area contributed by atoms with Crippen molar-refractivity contribution in [3.05, 3.63) is 12.7 Å². The van der Waals surface area contributed by atoms with E-state index >= 15 is 0 Å². The number of hydrogen-bond acceptors (Lipinski definition) is 2. The molecule has 1 atom stereocenters. The van der Waals surface area contributed by atoms with Crippen LogP contribution in [0.25, 0.3) is 0 Å². The Hall–Kier alpha value is -1.12. The topological polar surface area (TPSA) is 46.2 Å². The molecule has 1 fully saturated rings. The van der Waals surface area contributed by atoms with E-state index in [1.807, 2.05) is 0 Å². The molecule has 1 heterocycles. The van der Waals surface area contributed by atoms with E-state index in [2.05, 4.69) is 11.9 Å². The first kappa shape index (κ1) is 6.99. The molecular formula is C7H9NO2. The predicted octanol–water partition coefficient (Wildman–Crippen LogP) is -0.122. The highest BCUT2D eigenvalue weighted by atomic mass is 16.2. The van der Waals surface area contributed by atoms with Crippen molar-refractivity contribution in [1.82, 2.24) is 5.32 Å². The summed E-state index contributed by atoms with van der Waals surface area (Å²) in [5.41, 5.74) is 0. The molecule has 1 amide bonds. The smallest absolute Gasteiger partial charge is 0.231 e. The van der Waals surface area contributed by atoms with Gasteiger partial charge in [-0.05, 0) is 12.5 Å². The van der Waals surface area contributed by atoms with Crippen LogP contribution in [0, 0.1) is 5.92 Å². The first-order chi connectivity index (χ1) is 4.75. The van der Waals surface area contributed by atoms with Crippen LogP contribution < -0.4 is 5.32 Å². The molecule has 1 unspecified atom stereocenters. The van der Waals surface area contributed by atoms with Gasteiger partial charge < -0.3 is 5.32 Å². The fourth-order valence-electron chi connectivity index (χ4n) is 1.01. The van der Waals surface area contributed by atoms with Gasteiger partial charge in [-0.2, -0.15) is 0 Å². The molecule has 0 aromatic carbocycles. The lowest BCUT2D eigenvalue weighted by Gasteiger charge is -1.98. The Morgan fingerprint density at radius 3 is 2.90 bits per heavy atom. The van der Waals surface area contributed by atoms with Gasteiger partial charge in [0.25, 0.3) is 0 Å². The van der Waals surface area contributed by atoms with Gasteiger partial charge in [0.2, 0.25) is 5.91 Å². The zero-order chi connectivity index (χ0) is 7.56. The lowest BCUT2D eigenvalue weighted by Crippen LogP contribution is -2.23. The summed E-state index contributed by atoms with van der Waals surface area (Å²) < 4.78 is 0. The van der Waals surface area contributed by atoms with Crippen molar-refractivity contribution >= 4 is 11.7 Å². The highest BCUT2D eigenvalue weighted by Crippen LogP contribution is 2.10. The van der Waals surface area contributed by atoms with Gasteiger partial charge in [-0.3, -0.25) is 9.59 Å². The van der Waals surface area contributed by atoms with E-state index in [-0.39, 0.29) is 11.7 Å². The quantitative estimate of drug-likeness (QED) is 0.428. The van der Waals surface area contributed by atoms with Gasteiger partial charge in [-0.15, -0.1) is 0 Å². The van der Waals surface area contributed by atoms with E-state index in [1.165, 1.54) is 6.08 Å². The van der Waals surface area contributed by atoms with Crippen LogP contribution in [0.2, 0.25) is 0 Å². The molecule has 0 bridgehead atoms. The van der Waals surface area contributed by atoms with Crippen molar-refractivity contribution < 1.29 is 9.59 Å². The second-order valence-electron chi connectivity index (χ2n) is 2.24. The van der Waals surface area contributed by atoms with Gasteiger partial charge in [0.05, 0.1) is 0 Å². The second kappa shape index (κ2) is 2.64. The number of nitrogens with one attached hydrogen (secondary N) is 1. The van der Waals surface area contributed by atoms with Crippen molar-refractivity contribution in [3.8, 4) is 0 Å². The maximum absolute atomic E-state index is 10.8. The van der Waals surface area contributed by atoms with E-state index in [4.69, 9.17) is 0 Å². The highest BCUT2D eigenvalue weighted by Gasteiger charge is 2.28. The van der Waals surface area contributed by atoms with Crippen molar-refractivity contribution in [1.29, 1.82) is 0 Å². The molecule has 0 radical (unpaired) electrons. The fourth-order valence-corrected chi connectivity index (χ4v) is 1.01. The molecule has 0 aromatic rings. The van der Waals surface area contributed by atoms with E-state index in [0.717, 1.165) is 0 Å². The first-order valence-corrected chi connectivity index (χ1v) is 3.19. The van der Waals surface area contributed by atoms with Crippen LogP contribution in [0.1, 0.15) is 6.42 Å². The molecule has 3 nitrogen and oxygen atoms in total. The molecule has 10 heavy (non-hydrogen) atoms. The van der Waals surface area contributed by atoms with Gasteiger partial charge in [0, 0.05) is 6.54 Å². The average Bonchev–Trinajstić information content (AvgIpc) is 2.34. The molecule has 1 aliphatic rings. The Morgan fingerprint density at radius 1 is 1.80 bits per heavy atom. The molecule has 3 heteroatoms. The minimum Gasteiger partial charge on any atom is -0.355 e. The van der Waals surface area contributed by atoms with Crippen molar-refractivity contribution in [2.45, 2.75) is 6.42 Å². The summed E-state index contributed by atoms with van der Waals surface area (Å²) in [6.45, 7) is 3.92. The highest BCUT2D eigenvalue weighted by molar-refractivity contribution is 6.07. The normalized spacial score (nSPS) is 24.0. The summed E-state index contributed by atoms with van der Waals surface area (Å²) in [6, 6.07) is 0. The van der Waals surface area contributed by atoms with Crippen LogP contribution >= 0.6 is 0 Å². The number of rotatable bonds is 2. The van der Waals surface area contributed by atoms with Gasteiger partial charge in [-0.25, -0.2) is 0 Å². The number of carbonyl (C=O) groups excluding carboxylic acids is 2. The maximum Gasteiger partial charge on any atom is 0.231 e. The lowest BCUT2D eigenvalue weighted by atomic mass is 10.0. The van der Waals surface area contributed by atoms with Crippen LogP contribution in [-0.4, -0.2) is 18.2 Å². The largest absolute Gasteiger partial charge is 0.355 e. The molecular weight excluding hydrogens is 130 g/mol. The SMILES string of the molecule is C=CC(=O)C1CCNC1=O. The molecule has 0 aromatic heterocycles. The Bertz CT molecular complexity index is 186. The van der Waals surface area contributed by atoms with E-state index in [1.54, 1.807) is 0 Å². The summed E-state index contributed by atoms with van der Waals surface area (Å²) in [5, 5.41) is 2.58. The summed E-state index contributed by atoms with van der Waals surface area (Å²) in [6.07, 6.45) is 1.82. The van der Waals surface area contributed by atoms with Crippen LogP contribution in [0.3, 0.4) is 0 Å². The van der Waals surface area contributed by atoms with Gasteiger partial charge in [0.1, 0.15) is 5.92 Å². The third kappa shape index (κ3) is 1.07. The summed E-state index contributed by atoms with van der Waals surface area (Å²) in [5.74, 6) is -0.794. The molecule has 54 valence electrons. The standard InChI is InChI=1S/C7H9NO2/c1-2-6(9)5-3-4-8-7(5)10/h2,5H,1,3-4H2,(H,8,10). The lowest BCUT2D eigenvalue weighted by molar-refractivity contribution is -0.129. The fraction of sp³-hybridized carbons (Fsp3) is 0.429. The number of ketones is 1. The van der Waals surface area contributed by atoms with Gasteiger partial charge in [0.15, 0.2) is 5.78 Å². The van der Waals surface area contributed by atoms with Crippen LogP contribution in [0.15, 0.2) is 12.7 Å². The summed E-state index contributed by atoms with van der Waals surface area (Å²) >= 11 is 0. The molecule has 1 aliphatic heterocycles. The molecule has 1 saturated heterocycles. The van der Waals surface area contributed by atoms with Crippen LogP contribution in [-0.2, 0) is 9.59 Å². The van der Waals surface area contributed by atoms with Crippen molar-refractivity contribution in [2.24, 2.45) is 5.92 Å². The summed E-state index contributed by atoms with van der Waals surface area (Å²) in [4.78, 5) is 21.6. The van der Waals surface area contributed by atoms with Gasteiger partial charge >= 0.3 is 0 Å². The predicted molar refractivity (Wildman–Crippen MR) is 36.3 cm³/mol. The van der Waals surface area contributed by atoms with Crippen LogP contribution in [0.5, 0.6) is 0 Å². The molecule has 0 spiro atoms. The average molecular weight is 139 g/mol. The molecule has 1 N–H and O–H groups in total. The minimum absolute atomic E-state index is 0.162. The third-order valence-electron chi connectivity index (χ3n) is 1.59. The monoisotopic (exact) mass is 139 g/mol. The van der Waals surface area contributed by atoms with Crippen molar-refractivity contribution in [3.63, 3.8) is 0 Å². The minimum atomic E-state index is -0.461. The zero-order valence-electron chi connectivity index (χ0n) is 5.59. The van der Waals surface area contributed by atoms with E-state index in [9.17, 15) is 9.59 Å². The number of carbonyl (C=O) groups is 2. The molecule has 0 saturated carbocycles. The first-order valence-electron chi connectivity index (χ1n) is 3.19. The Labute approximate surface area is 59.1 Å². The second-order valence-corrected chi connectivity index (χ2v) is 2.24. The molecule has 1 rings (SSSR count). The number of allylic oxidation sites excluding steroid dienone is 1. The molecule has 0 aliphatic carbocycles. The Kier molecular flexibility index (Phi) is 1.85. The van der Waals surface area contributed by atoms with Crippen LogP contribution in [0.4, 0.5) is 0 Å². The third-order valence-corrected chi connectivity index (χ3v) is 1.59. The number of amides is 1.